The van der Waals surface area contributed by atoms with Crippen molar-refractivity contribution in [2.24, 2.45) is 0 Å². The molecule has 0 aliphatic heterocycles. The van der Waals surface area contributed by atoms with E-state index in [1.807, 2.05) is 54.6 Å². The van der Waals surface area contributed by atoms with Gasteiger partial charge in [0.1, 0.15) is 0 Å². The number of hydrogen-bond donors (Lipinski definition) is 2. The van der Waals surface area contributed by atoms with E-state index in [0.717, 1.165) is 28.0 Å². The Kier molecular flexibility index (Phi) is 3.63. The van der Waals surface area contributed by atoms with Crippen LogP contribution < -0.4 is 5.32 Å². The van der Waals surface area contributed by atoms with Crippen LogP contribution in [0.1, 0.15) is 10.5 Å². The largest absolute Gasteiger partial charge is 0.476 e. The van der Waals surface area contributed by atoms with Crippen LogP contribution in [0.3, 0.4) is 0 Å². The molecule has 0 saturated carbocycles. The summed E-state index contributed by atoms with van der Waals surface area (Å²) in [4.78, 5) is 15.5. The van der Waals surface area contributed by atoms with Gasteiger partial charge in [0.25, 0.3) is 0 Å². The summed E-state index contributed by atoms with van der Waals surface area (Å²) in [6.07, 6.45) is 3.40. The molecule has 2 heterocycles. The molecular formula is C19H14N4O2. The SMILES string of the molecule is O=C(O)c1ccn(-c2ccccc2Nc2cnc3ccccc3c2)n1. The molecule has 6 nitrogen and oxygen atoms in total. The summed E-state index contributed by atoms with van der Waals surface area (Å²) in [6, 6.07) is 18.9. The number of pyridine rings is 1. The number of nitrogens with zero attached hydrogens (tertiary/aromatic N) is 3. The summed E-state index contributed by atoms with van der Waals surface area (Å²) >= 11 is 0. The highest BCUT2D eigenvalue weighted by atomic mass is 16.4. The van der Waals surface area contributed by atoms with E-state index in [2.05, 4.69) is 15.4 Å². The normalized spacial score (nSPS) is 10.7. The molecule has 25 heavy (non-hydrogen) atoms. The van der Waals surface area contributed by atoms with E-state index in [0.29, 0.717) is 0 Å². The molecule has 2 aromatic heterocycles. The van der Waals surface area contributed by atoms with Crippen molar-refractivity contribution in [2.45, 2.75) is 0 Å². The number of aromatic nitrogens is 3. The molecule has 0 bridgehead atoms. The lowest BCUT2D eigenvalue weighted by atomic mass is 10.2. The molecule has 2 aromatic carbocycles. The lowest BCUT2D eigenvalue weighted by Crippen LogP contribution is -2.03. The topological polar surface area (TPSA) is 80.0 Å². The maximum Gasteiger partial charge on any atom is 0.356 e. The predicted octanol–water partition coefficient (Wildman–Crippen LogP) is 3.86. The Morgan fingerprint density at radius 3 is 2.68 bits per heavy atom. The number of carbonyl (C=O) groups is 1. The van der Waals surface area contributed by atoms with Crippen molar-refractivity contribution < 1.29 is 9.90 Å². The zero-order valence-electron chi connectivity index (χ0n) is 13.1. The van der Waals surface area contributed by atoms with E-state index >= 15 is 0 Å². The van der Waals surface area contributed by atoms with Crippen LogP contribution in [-0.4, -0.2) is 25.8 Å². The Morgan fingerprint density at radius 2 is 1.84 bits per heavy atom. The highest BCUT2D eigenvalue weighted by molar-refractivity contribution is 5.85. The lowest BCUT2D eigenvalue weighted by molar-refractivity contribution is 0.0690. The zero-order valence-corrected chi connectivity index (χ0v) is 13.1. The van der Waals surface area contributed by atoms with Crippen LogP contribution in [0.4, 0.5) is 11.4 Å². The van der Waals surface area contributed by atoms with Crippen LogP contribution in [0.5, 0.6) is 0 Å². The minimum atomic E-state index is -1.05. The van der Waals surface area contributed by atoms with E-state index in [4.69, 9.17) is 5.11 Å². The smallest absolute Gasteiger partial charge is 0.356 e. The van der Waals surface area contributed by atoms with E-state index in [-0.39, 0.29) is 5.69 Å². The van der Waals surface area contributed by atoms with Gasteiger partial charge >= 0.3 is 5.97 Å². The maximum atomic E-state index is 11.0. The van der Waals surface area contributed by atoms with E-state index in [9.17, 15) is 4.79 Å². The minimum Gasteiger partial charge on any atom is -0.476 e. The molecule has 0 fully saturated rings. The van der Waals surface area contributed by atoms with Crippen LogP contribution in [0.2, 0.25) is 0 Å². The molecule has 122 valence electrons. The second-order valence-corrected chi connectivity index (χ2v) is 5.51. The third kappa shape index (κ3) is 2.92. The van der Waals surface area contributed by atoms with Crippen molar-refractivity contribution in [3.8, 4) is 5.69 Å². The third-order valence-electron chi connectivity index (χ3n) is 3.83. The number of anilines is 2. The first-order chi connectivity index (χ1) is 12.2. The third-order valence-corrected chi connectivity index (χ3v) is 3.83. The van der Waals surface area contributed by atoms with Crippen molar-refractivity contribution in [3.05, 3.63) is 78.8 Å². The summed E-state index contributed by atoms with van der Waals surface area (Å²) in [5.74, 6) is -1.05. The van der Waals surface area contributed by atoms with Gasteiger partial charge in [-0.3, -0.25) is 4.98 Å². The first-order valence-corrected chi connectivity index (χ1v) is 7.71. The number of para-hydroxylation sites is 3. The van der Waals surface area contributed by atoms with Gasteiger partial charge in [0.05, 0.1) is 28.8 Å². The standard InChI is InChI=1S/C19H14N4O2/c24-19(25)17-9-10-23(22-17)18-8-4-3-7-16(18)21-14-11-13-5-1-2-6-15(13)20-12-14/h1-12,21H,(H,24,25). The summed E-state index contributed by atoms with van der Waals surface area (Å²) in [5, 5.41) is 17.5. The molecule has 0 radical (unpaired) electrons. The van der Waals surface area contributed by atoms with Gasteiger partial charge in [0.15, 0.2) is 5.69 Å². The summed E-state index contributed by atoms with van der Waals surface area (Å²) in [5.41, 5.74) is 3.33. The van der Waals surface area contributed by atoms with Gasteiger partial charge in [0.2, 0.25) is 0 Å². The number of nitrogens with one attached hydrogen (secondary N) is 1. The molecule has 0 aliphatic rings. The van der Waals surface area contributed by atoms with Gasteiger partial charge in [-0.25, -0.2) is 9.48 Å². The average Bonchev–Trinajstić information content (AvgIpc) is 3.12. The number of hydrogen-bond acceptors (Lipinski definition) is 4. The van der Waals surface area contributed by atoms with Crippen LogP contribution in [-0.2, 0) is 0 Å². The van der Waals surface area contributed by atoms with Gasteiger partial charge in [0, 0.05) is 11.6 Å². The Bertz CT molecular complexity index is 1070. The van der Waals surface area contributed by atoms with Crippen LogP contribution >= 0.6 is 0 Å². The van der Waals surface area contributed by atoms with E-state index < -0.39 is 5.97 Å². The Balaban J connectivity index is 1.71. The molecule has 0 spiro atoms. The second kappa shape index (κ2) is 6.09. The van der Waals surface area contributed by atoms with Gasteiger partial charge in [-0.05, 0) is 30.3 Å². The van der Waals surface area contributed by atoms with Gasteiger partial charge < -0.3 is 10.4 Å². The van der Waals surface area contributed by atoms with Crippen molar-refractivity contribution in [3.63, 3.8) is 0 Å². The number of carboxylic acid groups (broad SMARTS) is 1. The first kappa shape index (κ1) is 14.9. The van der Waals surface area contributed by atoms with Crippen molar-refractivity contribution >= 4 is 28.2 Å². The second-order valence-electron chi connectivity index (χ2n) is 5.51. The lowest BCUT2D eigenvalue weighted by Gasteiger charge is -2.12. The summed E-state index contributed by atoms with van der Waals surface area (Å²) < 4.78 is 1.54. The van der Waals surface area contributed by atoms with Gasteiger partial charge in [-0.1, -0.05) is 30.3 Å². The fourth-order valence-electron chi connectivity index (χ4n) is 2.65. The predicted molar refractivity (Wildman–Crippen MR) is 95.5 cm³/mol. The first-order valence-electron chi connectivity index (χ1n) is 7.71. The number of rotatable bonds is 4. The molecule has 0 atom stereocenters. The highest BCUT2D eigenvalue weighted by Crippen LogP contribution is 2.25. The van der Waals surface area contributed by atoms with Crippen molar-refractivity contribution in [1.82, 2.24) is 14.8 Å². The van der Waals surface area contributed by atoms with Gasteiger partial charge in [-0.2, -0.15) is 5.10 Å². The molecule has 0 saturated heterocycles. The molecule has 6 heteroatoms. The molecule has 2 N–H and O–H groups in total. The quantitative estimate of drug-likeness (QED) is 0.594. The number of benzene rings is 2. The average molecular weight is 330 g/mol. The van der Waals surface area contributed by atoms with E-state index in [1.54, 1.807) is 17.1 Å². The Hall–Kier alpha value is -3.67. The Labute approximate surface area is 143 Å². The van der Waals surface area contributed by atoms with Crippen LogP contribution in [0, 0.1) is 0 Å². The van der Waals surface area contributed by atoms with Crippen molar-refractivity contribution in [1.29, 1.82) is 0 Å². The summed E-state index contributed by atoms with van der Waals surface area (Å²) in [6.45, 7) is 0. The summed E-state index contributed by atoms with van der Waals surface area (Å²) in [7, 11) is 0. The molecule has 0 aliphatic carbocycles. The monoisotopic (exact) mass is 330 g/mol. The molecule has 0 amide bonds. The van der Waals surface area contributed by atoms with Gasteiger partial charge in [-0.15, -0.1) is 0 Å². The Morgan fingerprint density at radius 1 is 1.04 bits per heavy atom. The zero-order chi connectivity index (χ0) is 17.2. The fraction of sp³-hybridized carbons (Fsp3) is 0. The molecule has 4 aromatic rings. The van der Waals surface area contributed by atoms with Crippen LogP contribution in [0.15, 0.2) is 73.1 Å². The van der Waals surface area contributed by atoms with Crippen molar-refractivity contribution in [2.75, 3.05) is 5.32 Å². The number of carboxylic acids is 1. The fourth-order valence-corrected chi connectivity index (χ4v) is 2.65. The number of aromatic carboxylic acids is 1. The molecule has 4 rings (SSSR count). The highest BCUT2D eigenvalue weighted by Gasteiger charge is 2.10. The molecular weight excluding hydrogens is 316 g/mol. The minimum absolute atomic E-state index is 0.00201. The van der Waals surface area contributed by atoms with Crippen LogP contribution in [0.25, 0.3) is 16.6 Å². The maximum absolute atomic E-state index is 11.0. The number of fused-ring (bicyclic) bond motifs is 1. The molecule has 0 unspecified atom stereocenters. The van der Waals surface area contributed by atoms with E-state index in [1.165, 1.54) is 6.07 Å².